The molecular weight excluding hydrogens is 362 g/mol. The normalized spacial score (nSPS) is 13.9. The lowest BCUT2D eigenvalue weighted by Crippen LogP contribution is -2.24. The number of carbonyl (C=O) groups excluding carboxylic acids is 2. The summed E-state index contributed by atoms with van der Waals surface area (Å²) >= 11 is 0. The molecular formula is C24H31N3O2. The van der Waals surface area contributed by atoms with Crippen LogP contribution in [-0.2, 0) is 24.4 Å². The second kappa shape index (κ2) is 10.2. The first-order valence-electron chi connectivity index (χ1n) is 10.5. The quantitative estimate of drug-likeness (QED) is 0.708. The molecule has 0 spiro atoms. The smallest absolute Gasteiger partial charge is 0.251 e. The Bertz CT molecular complexity index is 811. The van der Waals surface area contributed by atoms with E-state index in [4.69, 9.17) is 0 Å². The van der Waals surface area contributed by atoms with E-state index in [0.29, 0.717) is 25.1 Å². The zero-order valence-corrected chi connectivity index (χ0v) is 17.5. The van der Waals surface area contributed by atoms with Gasteiger partial charge in [0.15, 0.2) is 0 Å². The van der Waals surface area contributed by atoms with Crippen molar-refractivity contribution in [2.45, 2.75) is 46.3 Å². The van der Waals surface area contributed by atoms with Gasteiger partial charge in [0.2, 0.25) is 5.91 Å². The highest BCUT2D eigenvalue weighted by Gasteiger charge is 2.20. The summed E-state index contributed by atoms with van der Waals surface area (Å²) in [4.78, 5) is 28.4. The minimum Gasteiger partial charge on any atom is -0.348 e. The second-order valence-electron chi connectivity index (χ2n) is 7.58. The molecule has 1 aliphatic rings. The highest BCUT2D eigenvalue weighted by Crippen LogP contribution is 2.15. The predicted octanol–water partition coefficient (Wildman–Crippen LogP) is 3.58. The average Bonchev–Trinajstić information content (AvgIpc) is 3.16. The maximum Gasteiger partial charge on any atom is 0.251 e. The van der Waals surface area contributed by atoms with E-state index in [1.807, 2.05) is 29.2 Å². The van der Waals surface area contributed by atoms with Gasteiger partial charge in [-0.3, -0.25) is 14.5 Å². The van der Waals surface area contributed by atoms with E-state index in [9.17, 15) is 9.59 Å². The molecule has 0 atom stereocenters. The van der Waals surface area contributed by atoms with Crippen LogP contribution in [0.3, 0.4) is 0 Å². The van der Waals surface area contributed by atoms with Crippen molar-refractivity contribution >= 4 is 11.8 Å². The van der Waals surface area contributed by atoms with Crippen molar-refractivity contribution in [3.05, 3.63) is 70.8 Å². The molecule has 1 heterocycles. The Kier molecular flexibility index (Phi) is 7.42. The SMILES string of the molecule is CCN(CC)Cc1ccc(CNC(=O)c2ccc(CN3CCCC3=O)cc2)cc1. The Morgan fingerprint density at radius 3 is 2.17 bits per heavy atom. The van der Waals surface area contributed by atoms with Gasteiger partial charge >= 0.3 is 0 Å². The summed E-state index contributed by atoms with van der Waals surface area (Å²) < 4.78 is 0. The van der Waals surface area contributed by atoms with Gasteiger partial charge in [0, 0.05) is 38.2 Å². The van der Waals surface area contributed by atoms with Gasteiger partial charge in [-0.05, 0) is 48.3 Å². The van der Waals surface area contributed by atoms with Crippen LogP contribution in [0.2, 0.25) is 0 Å². The van der Waals surface area contributed by atoms with E-state index in [2.05, 4.69) is 48.3 Å². The zero-order chi connectivity index (χ0) is 20.6. The van der Waals surface area contributed by atoms with E-state index in [1.54, 1.807) is 0 Å². The van der Waals surface area contributed by atoms with Crippen molar-refractivity contribution in [2.24, 2.45) is 0 Å². The third-order valence-electron chi connectivity index (χ3n) is 5.54. The van der Waals surface area contributed by atoms with Crippen LogP contribution in [0.1, 0.15) is 53.7 Å². The van der Waals surface area contributed by atoms with E-state index >= 15 is 0 Å². The van der Waals surface area contributed by atoms with Crippen LogP contribution in [0.25, 0.3) is 0 Å². The van der Waals surface area contributed by atoms with Crippen LogP contribution in [0.4, 0.5) is 0 Å². The number of nitrogens with zero attached hydrogens (tertiary/aromatic N) is 2. The van der Waals surface area contributed by atoms with Crippen molar-refractivity contribution in [2.75, 3.05) is 19.6 Å². The fraction of sp³-hybridized carbons (Fsp3) is 0.417. The van der Waals surface area contributed by atoms with Gasteiger partial charge in [0.05, 0.1) is 0 Å². The number of likely N-dealkylation sites (tertiary alicyclic amines) is 1. The highest BCUT2D eigenvalue weighted by atomic mass is 16.2. The van der Waals surface area contributed by atoms with Crippen molar-refractivity contribution in [3.8, 4) is 0 Å². The lowest BCUT2D eigenvalue weighted by atomic mass is 10.1. The predicted molar refractivity (Wildman–Crippen MR) is 115 cm³/mol. The fourth-order valence-electron chi connectivity index (χ4n) is 3.61. The van der Waals surface area contributed by atoms with Gasteiger partial charge in [0.25, 0.3) is 5.91 Å². The molecule has 0 radical (unpaired) electrons. The molecule has 5 nitrogen and oxygen atoms in total. The Morgan fingerprint density at radius 2 is 1.59 bits per heavy atom. The van der Waals surface area contributed by atoms with Crippen molar-refractivity contribution in [1.29, 1.82) is 0 Å². The first kappa shape index (κ1) is 21.1. The molecule has 2 aromatic rings. The summed E-state index contributed by atoms with van der Waals surface area (Å²) in [7, 11) is 0. The number of benzene rings is 2. The van der Waals surface area contributed by atoms with Gasteiger partial charge in [-0.2, -0.15) is 0 Å². The molecule has 3 rings (SSSR count). The van der Waals surface area contributed by atoms with Gasteiger partial charge in [-0.1, -0.05) is 50.2 Å². The molecule has 0 aliphatic carbocycles. The molecule has 5 heteroatoms. The van der Waals surface area contributed by atoms with Gasteiger partial charge < -0.3 is 10.2 Å². The summed E-state index contributed by atoms with van der Waals surface area (Å²) in [6, 6.07) is 16.0. The summed E-state index contributed by atoms with van der Waals surface area (Å²) in [5.41, 5.74) is 4.07. The van der Waals surface area contributed by atoms with Gasteiger partial charge in [-0.25, -0.2) is 0 Å². The van der Waals surface area contributed by atoms with Crippen molar-refractivity contribution in [3.63, 3.8) is 0 Å². The number of nitrogens with one attached hydrogen (secondary N) is 1. The zero-order valence-electron chi connectivity index (χ0n) is 17.5. The van der Waals surface area contributed by atoms with Crippen LogP contribution in [0, 0.1) is 0 Å². The maximum atomic E-state index is 12.4. The monoisotopic (exact) mass is 393 g/mol. The Morgan fingerprint density at radius 1 is 0.966 bits per heavy atom. The van der Waals surface area contributed by atoms with E-state index < -0.39 is 0 Å². The first-order chi connectivity index (χ1) is 14.1. The summed E-state index contributed by atoms with van der Waals surface area (Å²) in [6.45, 7) is 9.35. The van der Waals surface area contributed by atoms with Crippen LogP contribution in [0.5, 0.6) is 0 Å². The standard InChI is InChI=1S/C24H31N3O2/c1-3-26(4-2)17-20-9-7-19(8-10-20)16-25-24(29)22-13-11-21(12-14-22)18-27-15-5-6-23(27)28/h7-14H,3-6,15-18H2,1-2H3,(H,25,29). The molecule has 1 saturated heterocycles. The van der Waals surface area contributed by atoms with Crippen molar-refractivity contribution < 1.29 is 9.59 Å². The molecule has 0 saturated carbocycles. The molecule has 1 N–H and O–H groups in total. The Labute approximate surface area is 173 Å². The molecule has 0 unspecified atom stereocenters. The molecule has 0 bridgehead atoms. The maximum absolute atomic E-state index is 12.4. The van der Waals surface area contributed by atoms with E-state index in [0.717, 1.165) is 43.7 Å². The van der Waals surface area contributed by atoms with Crippen LogP contribution in [-0.4, -0.2) is 41.2 Å². The first-order valence-corrected chi connectivity index (χ1v) is 10.5. The van der Waals surface area contributed by atoms with Crippen LogP contribution < -0.4 is 5.32 Å². The molecule has 0 aromatic heterocycles. The largest absolute Gasteiger partial charge is 0.348 e. The van der Waals surface area contributed by atoms with Crippen molar-refractivity contribution in [1.82, 2.24) is 15.1 Å². The minimum atomic E-state index is -0.0824. The molecule has 154 valence electrons. The van der Waals surface area contributed by atoms with Crippen LogP contribution >= 0.6 is 0 Å². The number of amides is 2. The number of hydrogen-bond donors (Lipinski definition) is 1. The molecule has 1 aliphatic heterocycles. The van der Waals surface area contributed by atoms with Gasteiger partial charge in [-0.15, -0.1) is 0 Å². The van der Waals surface area contributed by atoms with Gasteiger partial charge in [0.1, 0.15) is 0 Å². The summed E-state index contributed by atoms with van der Waals surface area (Å²) in [6.07, 6.45) is 1.59. The number of carbonyl (C=O) groups is 2. The average molecular weight is 394 g/mol. The molecule has 29 heavy (non-hydrogen) atoms. The lowest BCUT2D eigenvalue weighted by Gasteiger charge is -2.18. The highest BCUT2D eigenvalue weighted by molar-refractivity contribution is 5.94. The Hall–Kier alpha value is -2.66. The number of rotatable bonds is 9. The molecule has 2 aromatic carbocycles. The third kappa shape index (κ3) is 5.91. The Balaban J connectivity index is 1.49. The van der Waals surface area contributed by atoms with E-state index in [1.165, 1.54) is 5.56 Å². The molecule has 2 amide bonds. The number of hydrogen-bond acceptors (Lipinski definition) is 3. The topological polar surface area (TPSA) is 52.7 Å². The third-order valence-corrected chi connectivity index (χ3v) is 5.54. The fourth-order valence-corrected chi connectivity index (χ4v) is 3.61. The summed E-state index contributed by atoms with van der Waals surface area (Å²) in [5, 5.41) is 2.98. The molecule has 1 fully saturated rings. The van der Waals surface area contributed by atoms with E-state index in [-0.39, 0.29) is 11.8 Å². The lowest BCUT2D eigenvalue weighted by molar-refractivity contribution is -0.128. The second-order valence-corrected chi connectivity index (χ2v) is 7.58. The summed E-state index contributed by atoms with van der Waals surface area (Å²) in [5.74, 6) is 0.135. The van der Waals surface area contributed by atoms with Crippen LogP contribution in [0.15, 0.2) is 48.5 Å². The minimum absolute atomic E-state index is 0.0824.